The van der Waals surface area contributed by atoms with Gasteiger partial charge in [0, 0.05) is 24.2 Å². The Morgan fingerprint density at radius 2 is 2.04 bits per heavy atom. The van der Waals surface area contributed by atoms with Gasteiger partial charge in [-0.05, 0) is 25.3 Å². The zero-order chi connectivity index (χ0) is 16.0. The van der Waals surface area contributed by atoms with Crippen LogP contribution in [0.4, 0.5) is 10.2 Å². The smallest absolute Gasteiger partial charge is 0.259 e. The summed E-state index contributed by atoms with van der Waals surface area (Å²) in [6.07, 6.45) is 4.41. The number of nitrogens with zero attached hydrogens (tertiary/aromatic N) is 3. The standard InChI is InChI=1S/C17H17FN4O/c18-13-4-2-1-3-11(13)14-7-8-22(14)17(23)12-9-20-16(10-5-6-10)21-15(12)19/h1-4,9-10,14H,5-8H2,(H2,19,20,21). The summed E-state index contributed by atoms with van der Waals surface area (Å²) in [7, 11) is 0. The molecule has 1 aliphatic heterocycles. The Hall–Kier alpha value is -2.50. The molecule has 5 nitrogen and oxygen atoms in total. The summed E-state index contributed by atoms with van der Waals surface area (Å²) >= 11 is 0. The lowest BCUT2D eigenvalue weighted by molar-refractivity contribution is 0.0453. The van der Waals surface area contributed by atoms with E-state index in [-0.39, 0.29) is 23.6 Å². The number of halogens is 1. The Bertz CT molecular complexity index is 775. The highest BCUT2D eigenvalue weighted by molar-refractivity contribution is 5.98. The Morgan fingerprint density at radius 3 is 2.65 bits per heavy atom. The third-order valence-electron chi connectivity index (χ3n) is 4.55. The number of aromatic nitrogens is 2. The summed E-state index contributed by atoms with van der Waals surface area (Å²) in [5.41, 5.74) is 6.79. The maximum Gasteiger partial charge on any atom is 0.259 e. The van der Waals surface area contributed by atoms with Gasteiger partial charge in [-0.25, -0.2) is 14.4 Å². The molecule has 1 atom stereocenters. The van der Waals surface area contributed by atoms with E-state index in [2.05, 4.69) is 9.97 Å². The molecule has 1 saturated heterocycles. The van der Waals surface area contributed by atoms with Gasteiger partial charge in [0.05, 0.1) is 6.04 Å². The van der Waals surface area contributed by atoms with Crippen molar-refractivity contribution < 1.29 is 9.18 Å². The van der Waals surface area contributed by atoms with Crippen LogP contribution >= 0.6 is 0 Å². The number of likely N-dealkylation sites (tertiary alicyclic amines) is 1. The van der Waals surface area contributed by atoms with Crippen molar-refractivity contribution in [2.75, 3.05) is 12.3 Å². The molecule has 1 amide bonds. The summed E-state index contributed by atoms with van der Waals surface area (Å²) < 4.78 is 13.9. The van der Waals surface area contributed by atoms with Gasteiger partial charge in [-0.2, -0.15) is 0 Å². The van der Waals surface area contributed by atoms with Gasteiger partial charge in [0.15, 0.2) is 0 Å². The molecule has 0 spiro atoms. The summed E-state index contributed by atoms with van der Waals surface area (Å²) in [4.78, 5) is 22.8. The van der Waals surface area contributed by atoms with E-state index >= 15 is 0 Å². The summed E-state index contributed by atoms with van der Waals surface area (Å²) in [6, 6.07) is 6.31. The molecule has 0 radical (unpaired) electrons. The van der Waals surface area contributed by atoms with Crippen molar-refractivity contribution in [1.29, 1.82) is 0 Å². The maximum absolute atomic E-state index is 13.9. The quantitative estimate of drug-likeness (QED) is 0.945. The van der Waals surface area contributed by atoms with Crippen molar-refractivity contribution in [3.05, 3.63) is 53.2 Å². The first kappa shape index (κ1) is 14.1. The fraction of sp³-hybridized carbons (Fsp3) is 0.353. The van der Waals surface area contributed by atoms with Crippen LogP contribution in [0.2, 0.25) is 0 Å². The number of carbonyl (C=O) groups is 1. The second-order valence-electron chi connectivity index (χ2n) is 6.13. The van der Waals surface area contributed by atoms with Crippen molar-refractivity contribution in [3.8, 4) is 0 Å². The molecule has 2 aliphatic rings. The van der Waals surface area contributed by atoms with E-state index in [9.17, 15) is 9.18 Å². The molecule has 118 valence electrons. The molecule has 1 unspecified atom stereocenters. The molecule has 2 heterocycles. The van der Waals surface area contributed by atoms with Crippen LogP contribution in [0.5, 0.6) is 0 Å². The van der Waals surface area contributed by atoms with Crippen LogP contribution in [-0.2, 0) is 0 Å². The molecule has 4 rings (SSSR count). The van der Waals surface area contributed by atoms with Crippen molar-refractivity contribution in [3.63, 3.8) is 0 Å². The van der Waals surface area contributed by atoms with Gasteiger partial charge in [0.25, 0.3) is 5.91 Å². The normalized spacial score (nSPS) is 20.2. The Labute approximate surface area is 133 Å². The van der Waals surface area contributed by atoms with Crippen LogP contribution in [0.1, 0.15) is 53.0 Å². The average Bonchev–Trinajstić information content (AvgIpc) is 3.33. The monoisotopic (exact) mass is 312 g/mol. The third kappa shape index (κ3) is 2.44. The first-order chi connectivity index (χ1) is 11.1. The predicted octanol–water partition coefficient (Wildman–Crippen LogP) is 2.66. The summed E-state index contributed by atoms with van der Waals surface area (Å²) in [5.74, 6) is 0.795. The maximum atomic E-state index is 13.9. The molecule has 1 aromatic carbocycles. The number of hydrogen-bond acceptors (Lipinski definition) is 4. The molecule has 2 N–H and O–H groups in total. The largest absolute Gasteiger partial charge is 0.383 e. The van der Waals surface area contributed by atoms with Gasteiger partial charge in [-0.1, -0.05) is 18.2 Å². The van der Waals surface area contributed by atoms with Crippen LogP contribution in [0.25, 0.3) is 0 Å². The van der Waals surface area contributed by atoms with Crippen LogP contribution in [0.3, 0.4) is 0 Å². The van der Waals surface area contributed by atoms with E-state index in [4.69, 9.17) is 5.73 Å². The number of anilines is 1. The summed E-state index contributed by atoms with van der Waals surface area (Å²) in [6.45, 7) is 0.585. The summed E-state index contributed by atoms with van der Waals surface area (Å²) in [5, 5.41) is 0. The molecule has 6 heteroatoms. The van der Waals surface area contributed by atoms with Gasteiger partial charge in [-0.3, -0.25) is 4.79 Å². The van der Waals surface area contributed by atoms with Crippen LogP contribution in [0, 0.1) is 5.82 Å². The van der Waals surface area contributed by atoms with Crippen LogP contribution in [-0.4, -0.2) is 27.3 Å². The zero-order valence-electron chi connectivity index (χ0n) is 12.6. The molecular weight excluding hydrogens is 295 g/mol. The molecule has 2 fully saturated rings. The van der Waals surface area contributed by atoms with Crippen LogP contribution in [0.15, 0.2) is 30.5 Å². The van der Waals surface area contributed by atoms with E-state index in [1.165, 1.54) is 12.3 Å². The fourth-order valence-corrected chi connectivity index (χ4v) is 2.97. The minimum Gasteiger partial charge on any atom is -0.383 e. The molecule has 0 bridgehead atoms. The lowest BCUT2D eigenvalue weighted by atomic mass is 9.93. The van der Waals surface area contributed by atoms with E-state index in [0.717, 1.165) is 19.3 Å². The first-order valence-corrected chi connectivity index (χ1v) is 7.83. The molecular formula is C17H17FN4O. The van der Waals surface area contributed by atoms with E-state index in [1.54, 1.807) is 23.1 Å². The van der Waals surface area contributed by atoms with Crippen molar-refractivity contribution in [2.24, 2.45) is 0 Å². The van der Waals surface area contributed by atoms with Gasteiger partial charge in [-0.15, -0.1) is 0 Å². The average molecular weight is 312 g/mol. The van der Waals surface area contributed by atoms with Crippen LogP contribution < -0.4 is 5.73 Å². The van der Waals surface area contributed by atoms with E-state index < -0.39 is 0 Å². The van der Waals surface area contributed by atoms with E-state index in [0.29, 0.717) is 29.4 Å². The molecule has 2 aromatic rings. The highest BCUT2D eigenvalue weighted by Gasteiger charge is 2.36. The van der Waals surface area contributed by atoms with Crippen molar-refractivity contribution in [2.45, 2.75) is 31.2 Å². The van der Waals surface area contributed by atoms with Gasteiger partial charge < -0.3 is 10.6 Å². The SMILES string of the molecule is Nc1nc(C2CC2)ncc1C(=O)N1CCC1c1ccccc1F. The minimum absolute atomic E-state index is 0.214. The van der Waals surface area contributed by atoms with Crippen molar-refractivity contribution >= 4 is 11.7 Å². The lowest BCUT2D eigenvalue weighted by Crippen LogP contribution is -2.45. The Balaban J connectivity index is 1.58. The van der Waals surface area contributed by atoms with Gasteiger partial charge >= 0.3 is 0 Å². The fourth-order valence-electron chi connectivity index (χ4n) is 2.97. The molecule has 1 aromatic heterocycles. The van der Waals surface area contributed by atoms with Gasteiger partial charge in [0.1, 0.15) is 23.0 Å². The topological polar surface area (TPSA) is 72.1 Å². The number of carbonyl (C=O) groups excluding carboxylic acids is 1. The highest BCUT2D eigenvalue weighted by Crippen LogP contribution is 2.39. The second kappa shape index (κ2) is 5.30. The Morgan fingerprint density at radius 1 is 1.26 bits per heavy atom. The number of rotatable bonds is 3. The highest BCUT2D eigenvalue weighted by atomic mass is 19.1. The number of nitrogen functional groups attached to an aromatic ring is 1. The van der Waals surface area contributed by atoms with E-state index in [1.807, 2.05) is 0 Å². The third-order valence-corrected chi connectivity index (χ3v) is 4.55. The Kier molecular flexibility index (Phi) is 3.25. The zero-order valence-corrected chi connectivity index (χ0v) is 12.6. The number of amides is 1. The minimum atomic E-state index is -0.289. The molecule has 23 heavy (non-hydrogen) atoms. The van der Waals surface area contributed by atoms with Crippen molar-refractivity contribution in [1.82, 2.24) is 14.9 Å². The lowest BCUT2D eigenvalue weighted by Gasteiger charge is -2.41. The molecule has 1 aliphatic carbocycles. The first-order valence-electron chi connectivity index (χ1n) is 7.83. The number of benzene rings is 1. The number of hydrogen-bond donors (Lipinski definition) is 1. The molecule has 1 saturated carbocycles. The van der Waals surface area contributed by atoms with Gasteiger partial charge in [0.2, 0.25) is 0 Å². The number of nitrogens with two attached hydrogens (primary N) is 1. The second-order valence-corrected chi connectivity index (χ2v) is 6.13. The predicted molar refractivity (Wildman–Crippen MR) is 83.2 cm³/mol.